The summed E-state index contributed by atoms with van der Waals surface area (Å²) in [6.45, 7) is 1.90. The van der Waals surface area contributed by atoms with Crippen molar-refractivity contribution in [1.29, 1.82) is 0 Å². The van der Waals surface area contributed by atoms with Gasteiger partial charge < -0.3 is 10.0 Å². The number of aliphatic carboxylic acids is 1. The second kappa shape index (κ2) is 6.50. The van der Waals surface area contributed by atoms with E-state index in [0.717, 1.165) is 25.7 Å². The molecule has 0 bridgehead atoms. The average molecular weight is 276 g/mol. The molecule has 1 aromatic heterocycles. The first kappa shape index (κ1) is 14.5. The van der Waals surface area contributed by atoms with E-state index in [9.17, 15) is 9.59 Å². The lowest BCUT2D eigenvalue weighted by molar-refractivity contribution is -0.141. The van der Waals surface area contributed by atoms with Gasteiger partial charge in [-0.2, -0.15) is 0 Å². The third kappa shape index (κ3) is 3.35. The van der Waals surface area contributed by atoms with Crippen LogP contribution in [0.15, 0.2) is 24.5 Å². The highest BCUT2D eigenvalue weighted by Crippen LogP contribution is 2.25. The normalized spacial score (nSPS) is 16.9. The highest BCUT2D eigenvalue weighted by molar-refractivity contribution is 5.94. The van der Waals surface area contributed by atoms with E-state index < -0.39 is 11.9 Å². The summed E-state index contributed by atoms with van der Waals surface area (Å²) in [4.78, 5) is 29.3. The van der Waals surface area contributed by atoms with E-state index in [1.807, 2.05) is 0 Å². The molecule has 108 valence electrons. The van der Waals surface area contributed by atoms with Crippen LogP contribution in [-0.2, 0) is 4.79 Å². The number of rotatable bonds is 5. The van der Waals surface area contributed by atoms with Crippen molar-refractivity contribution in [3.63, 3.8) is 0 Å². The maximum Gasteiger partial charge on any atom is 0.308 e. The molecule has 1 heterocycles. The number of hydrogen-bond acceptors (Lipinski definition) is 3. The van der Waals surface area contributed by atoms with Crippen LogP contribution < -0.4 is 0 Å². The molecule has 1 fully saturated rings. The standard InChI is InChI=1S/C15H20N2O3/c1-11(15(19)20)10-17(13-6-2-3-7-13)14(18)12-5-4-8-16-9-12/h4-5,8-9,11,13H,2-3,6-7,10H2,1H3,(H,19,20). The molecule has 1 N–H and O–H groups in total. The summed E-state index contributed by atoms with van der Waals surface area (Å²) in [5.41, 5.74) is 0.525. The van der Waals surface area contributed by atoms with Crippen LogP contribution in [0, 0.1) is 5.92 Å². The minimum atomic E-state index is -0.869. The molecule has 0 spiro atoms. The van der Waals surface area contributed by atoms with E-state index in [1.165, 1.54) is 6.20 Å². The van der Waals surface area contributed by atoms with Gasteiger partial charge in [-0.25, -0.2) is 0 Å². The Hall–Kier alpha value is -1.91. The summed E-state index contributed by atoms with van der Waals surface area (Å²) in [5.74, 6) is -1.54. The molecule has 0 aliphatic heterocycles. The molecule has 1 atom stereocenters. The molecule has 1 saturated carbocycles. The van der Waals surface area contributed by atoms with Gasteiger partial charge in [0.1, 0.15) is 0 Å². The SMILES string of the molecule is CC(CN(C(=O)c1cccnc1)C1CCCC1)C(=O)O. The first-order valence-corrected chi connectivity index (χ1v) is 7.03. The van der Waals surface area contributed by atoms with Crippen LogP contribution in [0.3, 0.4) is 0 Å². The Morgan fingerprint density at radius 3 is 2.70 bits per heavy atom. The molecule has 1 amide bonds. The molecule has 0 radical (unpaired) electrons. The topological polar surface area (TPSA) is 70.5 Å². The van der Waals surface area contributed by atoms with Gasteiger partial charge in [-0.3, -0.25) is 14.6 Å². The molecule has 0 aromatic carbocycles. The number of aromatic nitrogens is 1. The number of carbonyl (C=O) groups excluding carboxylic acids is 1. The Kier molecular flexibility index (Phi) is 4.71. The number of amides is 1. The van der Waals surface area contributed by atoms with Crippen molar-refractivity contribution in [3.8, 4) is 0 Å². The number of nitrogens with zero attached hydrogens (tertiary/aromatic N) is 2. The minimum Gasteiger partial charge on any atom is -0.481 e. The summed E-state index contributed by atoms with van der Waals surface area (Å²) < 4.78 is 0. The van der Waals surface area contributed by atoms with Crippen molar-refractivity contribution in [2.45, 2.75) is 38.6 Å². The molecule has 20 heavy (non-hydrogen) atoms. The Labute approximate surface area is 118 Å². The van der Waals surface area contributed by atoms with Gasteiger partial charge in [-0.1, -0.05) is 19.8 Å². The average Bonchev–Trinajstić information content (AvgIpc) is 2.98. The van der Waals surface area contributed by atoms with Gasteiger partial charge in [0.15, 0.2) is 0 Å². The maximum atomic E-state index is 12.6. The van der Waals surface area contributed by atoms with Crippen LogP contribution in [0.4, 0.5) is 0 Å². The van der Waals surface area contributed by atoms with Gasteiger partial charge in [0.25, 0.3) is 5.91 Å². The van der Waals surface area contributed by atoms with Gasteiger partial charge in [-0.15, -0.1) is 0 Å². The van der Waals surface area contributed by atoms with Gasteiger partial charge >= 0.3 is 5.97 Å². The molecule has 1 aromatic rings. The Morgan fingerprint density at radius 1 is 1.45 bits per heavy atom. The molecule has 5 nitrogen and oxygen atoms in total. The molecule has 1 aliphatic carbocycles. The first-order valence-electron chi connectivity index (χ1n) is 7.03. The lowest BCUT2D eigenvalue weighted by Crippen LogP contribution is -2.43. The monoisotopic (exact) mass is 276 g/mol. The Balaban J connectivity index is 2.17. The predicted octanol–water partition coefficient (Wildman–Crippen LogP) is 2.19. The summed E-state index contributed by atoms with van der Waals surface area (Å²) in [6.07, 6.45) is 7.27. The zero-order valence-electron chi connectivity index (χ0n) is 11.7. The largest absolute Gasteiger partial charge is 0.481 e. The number of hydrogen-bond donors (Lipinski definition) is 1. The van der Waals surface area contributed by atoms with Gasteiger partial charge in [-0.05, 0) is 25.0 Å². The van der Waals surface area contributed by atoms with Crippen LogP contribution in [0.2, 0.25) is 0 Å². The van der Waals surface area contributed by atoms with Crippen LogP contribution in [0.25, 0.3) is 0 Å². The van der Waals surface area contributed by atoms with Gasteiger partial charge in [0.2, 0.25) is 0 Å². The molecule has 0 saturated heterocycles. The summed E-state index contributed by atoms with van der Waals surface area (Å²) >= 11 is 0. The highest BCUT2D eigenvalue weighted by atomic mass is 16.4. The third-order valence-electron chi connectivity index (χ3n) is 3.83. The van der Waals surface area contributed by atoms with Gasteiger partial charge in [0, 0.05) is 25.0 Å². The Bertz CT molecular complexity index is 469. The van der Waals surface area contributed by atoms with Crippen molar-refractivity contribution in [2.24, 2.45) is 5.92 Å². The third-order valence-corrected chi connectivity index (χ3v) is 3.83. The summed E-state index contributed by atoms with van der Waals surface area (Å²) in [5, 5.41) is 9.08. The molecule has 2 rings (SSSR count). The molecular weight excluding hydrogens is 256 g/mol. The van der Waals surface area contributed by atoms with Crippen molar-refractivity contribution in [1.82, 2.24) is 9.88 Å². The smallest absolute Gasteiger partial charge is 0.308 e. The molecule has 1 aliphatic rings. The zero-order chi connectivity index (χ0) is 14.5. The molecular formula is C15H20N2O3. The van der Waals surface area contributed by atoms with E-state index in [4.69, 9.17) is 5.11 Å². The number of pyridine rings is 1. The fraction of sp³-hybridized carbons (Fsp3) is 0.533. The first-order chi connectivity index (χ1) is 9.59. The van der Waals surface area contributed by atoms with Crippen LogP contribution >= 0.6 is 0 Å². The fourth-order valence-electron chi connectivity index (χ4n) is 2.64. The van der Waals surface area contributed by atoms with E-state index in [2.05, 4.69) is 4.98 Å². The molecule has 5 heteroatoms. The van der Waals surface area contributed by atoms with Crippen molar-refractivity contribution in [3.05, 3.63) is 30.1 Å². The summed E-state index contributed by atoms with van der Waals surface area (Å²) in [6, 6.07) is 3.60. The van der Waals surface area contributed by atoms with Crippen molar-refractivity contribution in [2.75, 3.05) is 6.54 Å². The van der Waals surface area contributed by atoms with Crippen LogP contribution in [-0.4, -0.2) is 39.5 Å². The zero-order valence-corrected chi connectivity index (χ0v) is 11.7. The number of carboxylic acid groups (broad SMARTS) is 1. The molecule has 1 unspecified atom stereocenters. The van der Waals surface area contributed by atoms with E-state index in [0.29, 0.717) is 5.56 Å². The summed E-state index contributed by atoms with van der Waals surface area (Å²) in [7, 11) is 0. The Morgan fingerprint density at radius 2 is 2.15 bits per heavy atom. The maximum absolute atomic E-state index is 12.6. The fourth-order valence-corrected chi connectivity index (χ4v) is 2.64. The minimum absolute atomic E-state index is 0.113. The van der Waals surface area contributed by atoms with Gasteiger partial charge in [0.05, 0.1) is 11.5 Å². The van der Waals surface area contributed by atoms with Crippen LogP contribution in [0.1, 0.15) is 43.0 Å². The van der Waals surface area contributed by atoms with Crippen molar-refractivity contribution >= 4 is 11.9 Å². The van der Waals surface area contributed by atoms with Crippen LogP contribution in [0.5, 0.6) is 0 Å². The lowest BCUT2D eigenvalue weighted by Gasteiger charge is -2.30. The second-order valence-corrected chi connectivity index (χ2v) is 5.38. The van der Waals surface area contributed by atoms with E-state index >= 15 is 0 Å². The predicted molar refractivity (Wildman–Crippen MR) is 74.3 cm³/mol. The van der Waals surface area contributed by atoms with Crippen molar-refractivity contribution < 1.29 is 14.7 Å². The van der Waals surface area contributed by atoms with E-state index in [-0.39, 0.29) is 18.5 Å². The quantitative estimate of drug-likeness (QED) is 0.895. The van der Waals surface area contributed by atoms with E-state index in [1.54, 1.807) is 30.2 Å². The second-order valence-electron chi connectivity index (χ2n) is 5.38. The lowest BCUT2D eigenvalue weighted by atomic mass is 10.1. The highest BCUT2D eigenvalue weighted by Gasteiger charge is 2.30. The number of carboxylic acids is 1. The number of carbonyl (C=O) groups is 2.